The monoisotopic (exact) mass is 529 g/mol. The summed E-state index contributed by atoms with van der Waals surface area (Å²) in [5, 5.41) is 15.3. The molecule has 3 aromatic rings. The minimum Gasteiger partial charge on any atom is -0.478 e. The van der Waals surface area contributed by atoms with Gasteiger partial charge in [-0.05, 0) is 38.1 Å². The number of benzene rings is 1. The predicted octanol–water partition coefficient (Wildman–Crippen LogP) is 4.66. The summed E-state index contributed by atoms with van der Waals surface area (Å²) in [5.74, 6) is -1.39. The highest BCUT2D eigenvalue weighted by molar-refractivity contribution is 7.13. The highest BCUT2D eigenvalue weighted by atomic mass is 35.5. The zero-order valence-electron chi connectivity index (χ0n) is 19.6. The number of carbonyl (C=O) groups excluding carboxylic acids is 2. The minimum absolute atomic E-state index is 0.0207. The van der Waals surface area contributed by atoms with Gasteiger partial charge in [0.05, 0.1) is 11.3 Å². The van der Waals surface area contributed by atoms with Crippen molar-refractivity contribution in [1.29, 1.82) is 0 Å². The number of hydrogen-bond acceptors (Lipinski definition) is 8. The van der Waals surface area contributed by atoms with Crippen LogP contribution in [-0.2, 0) is 24.3 Å². The van der Waals surface area contributed by atoms with Gasteiger partial charge in [0, 0.05) is 52.9 Å². The van der Waals surface area contributed by atoms with Crippen LogP contribution in [0.1, 0.15) is 50.1 Å². The molecule has 1 aliphatic rings. The number of aromatic nitrogens is 2. The Labute approximate surface area is 216 Å². The Balaban J connectivity index is 1.48. The zero-order chi connectivity index (χ0) is 25.8. The second-order valence-electron chi connectivity index (χ2n) is 8.39. The molecular formula is C24H24ClN5O5S. The molecule has 0 radical (unpaired) electrons. The van der Waals surface area contributed by atoms with Crippen molar-refractivity contribution in [2.24, 2.45) is 0 Å². The van der Waals surface area contributed by atoms with Crippen molar-refractivity contribution in [3.63, 3.8) is 0 Å². The fraction of sp³-hybridized carbons (Fsp3) is 0.292. The molecule has 2 amide bonds. The van der Waals surface area contributed by atoms with Gasteiger partial charge in [0.1, 0.15) is 12.4 Å². The number of ether oxygens (including phenoxy) is 1. The van der Waals surface area contributed by atoms with E-state index in [1.807, 2.05) is 0 Å². The molecule has 3 heterocycles. The molecule has 188 valence electrons. The van der Waals surface area contributed by atoms with Gasteiger partial charge in [-0.15, -0.1) is 11.3 Å². The molecule has 36 heavy (non-hydrogen) atoms. The van der Waals surface area contributed by atoms with Crippen molar-refractivity contribution in [3.05, 3.63) is 68.3 Å². The highest BCUT2D eigenvalue weighted by Crippen LogP contribution is 2.28. The van der Waals surface area contributed by atoms with Gasteiger partial charge in [0.25, 0.3) is 5.91 Å². The van der Waals surface area contributed by atoms with Gasteiger partial charge in [0.2, 0.25) is 0 Å². The van der Waals surface area contributed by atoms with Gasteiger partial charge in [-0.3, -0.25) is 15.0 Å². The maximum absolute atomic E-state index is 13.0. The van der Waals surface area contributed by atoms with Crippen LogP contribution < -0.4 is 10.6 Å². The van der Waals surface area contributed by atoms with Crippen LogP contribution >= 0.6 is 22.9 Å². The molecule has 12 heteroatoms. The number of fused-ring (bicyclic) bond motifs is 1. The van der Waals surface area contributed by atoms with Crippen LogP contribution in [-0.4, -0.2) is 50.5 Å². The Kier molecular flexibility index (Phi) is 7.82. The van der Waals surface area contributed by atoms with Crippen LogP contribution in [0.5, 0.6) is 0 Å². The molecule has 0 saturated carbocycles. The average molecular weight is 530 g/mol. The number of nitrogens with zero attached hydrogens (tertiary/aromatic N) is 3. The van der Waals surface area contributed by atoms with E-state index in [0.717, 1.165) is 30.1 Å². The molecule has 0 unspecified atom stereocenters. The first-order valence-electron chi connectivity index (χ1n) is 11.1. The Hall–Kier alpha value is -3.54. The van der Waals surface area contributed by atoms with Gasteiger partial charge in [-0.2, -0.15) is 0 Å². The summed E-state index contributed by atoms with van der Waals surface area (Å²) in [5.41, 5.74) is 1.52. The smallest absolute Gasteiger partial charge is 0.413 e. The summed E-state index contributed by atoms with van der Waals surface area (Å²) in [6, 6.07) is 7.60. The van der Waals surface area contributed by atoms with Crippen LogP contribution in [0.2, 0.25) is 5.02 Å². The number of thiazole rings is 1. The maximum Gasteiger partial charge on any atom is 0.413 e. The molecule has 4 rings (SSSR count). The Morgan fingerprint density at radius 1 is 1.22 bits per heavy atom. The summed E-state index contributed by atoms with van der Waals surface area (Å²) in [6.07, 6.45) is 1.42. The van der Waals surface area contributed by atoms with E-state index in [9.17, 15) is 19.5 Å². The largest absolute Gasteiger partial charge is 0.478 e. The van der Waals surface area contributed by atoms with Gasteiger partial charge in [0.15, 0.2) is 5.01 Å². The number of carboxylic acids is 1. The zero-order valence-corrected chi connectivity index (χ0v) is 21.2. The van der Waals surface area contributed by atoms with E-state index in [0.29, 0.717) is 21.6 Å². The maximum atomic E-state index is 13.0. The number of hydrogen-bond donors (Lipinski definition) is 3. The van der Waals surface area contributed by atoms with Crippen molar-refractivity contribution in [2.75, 3.05) is 17.2 Å². The van der Waals surface area contributed by atoms with Crippen LogP contribution in [0.25, 0.3) is 0 Å². The van der Waals surface area contributed by atoms with Crippen molar-refractivity contribution in [1.82, 2.24) is 14.9 Å². The predicted molar refractivity (Wildman–Crippen MR) is 136 cm³/mol. The number of rotatable bonds is 7. The molecule has 0 aliphatic carbocycles. The normalized spacial score (nSPS) is 13.2. The van der Waals surface area contributed by atoms with Crippen molar-refractivity contribution in [3.8, 4) is 0 Å². The third-order valence-corrected chi connectivity index (χ3v) is 6.92. The van der Waals surface area contributed by atoms with Crippen molar-refractivity contribution >= 4 is 52.4 Å². The summed E-state index contributed by atoms with van der Waals surface area (Å²) < 4.78 is 5.25. The number of carbonyl (C=O) groups is 3. The molecule has 1 aromatic carbocycles. The van der Waals surface area contributed by atoms with Crippen LogP contribution in [0.15, 0.2) is 36.5 Å². The van der Waals surface area contributed by atoms with Gasteiger partial charge in [-0.25, -0.2) is 19.6 Å². The van der Waals surface area contributed by atoms with E-state index in [1.165, 1.54) is 41.8 Å². The van der Waals surface area contributed by atoms with Gasteiger partial charge < -0.3 is 15.2 Å². The lowest BCUT2D eigenvalue weighted by atomic mass is 10.1. The molecule has 3 N–H and O–H groups in total. The molecule has 0 fully saturated rings. The lowest BCUT2D eigenvalue weighted by molar-refractivity contribution is 0.0696. The molecule has 2 aromatic heterocycles. The van der Waals surface area contributed by atoms with E-state index in [4.69, 9.17) is 16.3 Å². The topological polar surface area (TPSA) is 134 Å². The molecule has 0 atom stereocenters. The molecule has 0 saturated heterocycles. The molecule has 10 nitrogen and oxygen atoms in total. The number of pyridine rings is 1. The van der Waals surface area contributed by atoms with E-state index in [-0.39, 0.29) is 23.7 Å². The Bertz CT molecular complexity index is 1310. The number of nitrogens with one attached hydrogen (secondary N) is 2. The summed E-state index contributed by atoms with van der Waals surface area (Å²) >= 11 is 7.22. The van der Waals surface area contributed by atoms with Crippen LogP contribution in [0.3, 0.4) is 0 Å². The molecule has 1 aliphatic heterocycles. The number of anilines is 2. The minimum atomic E-state index is -1.15. The number of aromatic carboxylic acids is 1. The molecular weight excluding hydrogens is 506 g/mol. The lowest BCUT2D eigenvalue weighted by Gasteiger charge is -2.29. The van der Waals surface area contributed by atoms with Crippen molar-refractivity contribution in [2.45, 2.75) is 39.5 Å². The van der Waals surface area contributed by atoms with Crippen molar-refractivity contribution < 1.29 is 24.2 Å². The Morgan fingerprint density at radius 3 is 2.75 bits per heavy atom. The fourth-order valence-corrected chi connectivity index (χ4v) is 4.83. The molecule has 0 bridgehead atoms. The standard InChI is InChI=1S/C24H24ClN5O5S/c1-13(2)30-8-6-17-19(11-30)36-22(28-17)21(31)27-18-9-14(23(32)33)3-4-15(18)12-35-24(34)29-20-10-16(25)5-7-26-20/h3-5,7,9-10,13H,6,8,11-12H2,1-2H3,(H,27,31)(H,32,33)(H,26,29,34). The average Bonchev–Trinajstić information content (AvgIpc) is 3.27. The second kappa shape index (κ2) is 11.0. The first-order valence-corrected chi connectivity index (χ1v) is 12.3. The third kappa shape index (κ3) is 6.17. The van der Waals surface area contributed by atoms with Gasteiger partial charge in [-0.1, -0.05) is 17.7 Å². The first-order chi connectivity index (χ1) is 17.2. The number of amides is 2. The summed E-state index contributed by atoms with van der Waals surface area (Å²) in [6.45, 7) is 5.65. The third-order valence-electron chi connectivity index (χ3n) is 5.60. The summed E-state index contributed by atoms with van der Waals surface area (Å²) in [7, 11) is 0. The second-order valence-corrected chi connectivity index (χ2v) is 9.91. The fourth-order valence-electron chi connectivity index (χ4n) is 3.64. The van der Waals surface area contributed by atoms with Crippen LogP contribution in [0.4, 0.5) is 16.3 Å². The SMILES string of the molecule is CC(C)N1CCc2nc(C(=O)Nc3cc(C(=O)O)ccc3COC(=O)Nc3cc(Cl)ccn3)sc2C1. The van der Waals surface area contributed by atoms with E-state index in [2.05, 4.69) is 39.3 Å². The molecule has 0 spiro atoms. The Morgan fingerprint density at radius 2 is 2.03 bits per heavy atom. The number of carboxylic acid groups (broad SMARTS) is 1. The lowest BCUT2D eigenvalue weighted by Crippen LogP contribution is -2.35. The quantitative estimate of drug-likeness (QED) is 0.402. The van der Waals surface area contributed by atoms with Gasteiger partial charge >= 0.3 is 12.1 Å². The van der Waals surface area contributed by atoms with E-state index >= 15 is 0 Å². The van der Waals surface area contributed by atoms with Crippen LogP contribution in [0, 0.1) is 0 Å². The van der Waals surface area contributed by atoms with E-state index < -0.39 is 18.0 Å². The summed E-state index contributed by atoms with van der Waals surface area (Å²) in [4.78, 5) is 48.6. The highest BCUT2D eigenvalue weighted by Gasteiger charge is 2.25. The van der Waals surface area contributed by atoms with E-state index in [1.54, 1.807) is 6.07 Å². The first kappa shape index (κ1) is 25.5. The number of halogens is 1.